The van der Waals surface area contributed by atoms with Gasteiger partial charge in [-0.05, 0) is 152 Å². The van der Waals surface area contributed by atoms with Crippen LogP contribution in [0.15, 0.2) is 60.9 Å². The zero-order valence-electron chi connectivity index (χ0n) is 31.5. The average molecular weight is 727 g/mol. The third-order valence-electron chi connectivity index (χ3n) is 11.9. The van der Waals surface area contributed by atoms with Crippen LogP contribution in [-0.4, -0.2) is 68.8 Å². The van der Waals surface area contributed by atoms with Crippen LogP contribution in [0.5, 0.6) is 0 Å². The number of pyridine rings is 2. The van der Waals surface area contributed by atoms with Crippen LogP contribution in [0.3, 0.4) is 0 Å². The fourth-order valence-electron chi connectivity index (χ4n) is 8.39. The van der Waals surface area contributed by atoms with Gasteiger partial charge in [0.2, 0.25) is 0 Å². The number of benzene rings is 2. The first kappa shape index (κ1) is 36.1. The summed E-state index contributed by atoms with van der Waals surface area (Å²) in [5.74, 6) is 0.0937. The Morgan fingerprint density at radius 1 is 0.704 bits per heavy atom. The molecule has 4 fully saturated rings. The molecule has 10 nitrogen and oxygen atoms in total. The number of carbonyl (C=O) groups excluding carboxylic acids is 2. The molecule has 2 aliphatic carbocycles. The molecule has 0 bridgehead atoms. The summed E-state index contributed by atoms with van der Waals surface area (Å²) in [6.07, 6.45) is 10.1. The largest absolute Gasteiger partial charge is 0.481 e. The maximum atomic E-state index is 13.6. The van der Waals surface area contributed by atoms with E-state index in [0.717, 1.165) is 96.8 Å². The number of aliphatic carboxylic acids is 1. The van der Waals surface area contributed by atoms with Crippen LogP contribution in [0, 0.1) is 25.7 Å². The Hall–Kier alpha value is -4.93. The first-order valence-electron chi connectivity index (χ1n) is 19.6. The summed E-state index contributed by atoms with van der Waals surface area (Å²) >= 11 is 0. The highest BCUT2D eigenvalue weighted by molar-refractivity contribution is 6.05. The summed E-state index contributed by atoms with van der Waals surface area (Å²) in [7, 11) is 0. The highest BCUT2D eigenvalue weighted by Gasteiger charge is 2.32. The Labute approximate surface area is 317 Å². The van der Waals surface area contributed by atoms with Crippen molar-refractivity contribution in [3.05, 3.63) is 106 Å². The molecule has 2 aromatic heterocycles. The van der Waals surface area contributed by atoms with Gasteiger partial charge < -0.3 is 15.7 Å². The number of nitrogens with zero attached hydrogens (tertiary/aromatic N) is 4. The molecule has 0 radical (unpaired) electrons. The summed E-state index contributed by atoms with van der Waals surface area (Å²) < 4.78 is 0. The lowest BCUT2D eigenvalue weighted by Crippen LogP contribution is -2.24. The van der Waals surface area contributed by atoms with E-state index in [-0.39, 0.29) is 17.7 Å². The lowest BCUT2D eigenvalue weighted by Gasteiger charge is -2.19. The number of nitrogens with one attached hydrogen (secondary N) is 2. The van der Waals surface area contributed by atoms with Gasteiger partial charge in [0.1, 0.15) is 11.4 Å². The van der Waals surface area contributed by atoms with Crippen molar-refractivity contribution >= 4 is 29.2 Å². The molecule has 0 unspecified atom stereocenters. The smallest absolute Gasteiger partial charge is 0.307 e. The molecule has 2 aliphatic heterocycles. The Morgan fingerprint density at radius 2 is 1.19 bits per heavy atom. The third kappa shape index (κ3) is 7.81. The second kappa shape index (κ2) is 15.1. The van der Waals surface area contributed by atoms with Crippen molar-refractivity contribution in [3.63, 3.8) is 0 Å². The van der Waals surface area contributed by atoms with Gasteiger partial charge in [-0.2, -0.15) is 0 Å². The van der Waals surface area contributed by atoms with E-state index >= 15 is 0 Å². The number of hydrogen-bond acceptors (Lipinski definition) is 7. The molecule has 2 saturated carbocycles. The highest BCUT2D eigenvalue weighted by Crippen LogP contribution is 2.43. The summed E-state index contributed by atoms with van der Waals surface area (Å²) in [5, 5.41) is 15.7. The topological polar surface area (TPSA) is 128 Å². The van der Waals surface area contributed by atoms with Crippen molar-refractivity contribution in [2.45, 2.75) is 84.2 Å². The van der Waals surface area contributed by atoms with E-state index in [2.05, 4.69) is 37.3 Å². The predicted octanol–water partition coefficient (Wildman–Crippen LogP) is 7.77. The van der Waals surface area contributed by atoms with Crippen LogP contribution in [0.25, 0.3) is 11.1 Å². The summed E-state index contributed by atoms with van der Waals surface area (Å²) in [6, 6.07) is 15.7. The Morgan fingerprint density at radius 3 is 1.61 bits per heavy atom. The van der Waals surface area contributed by atoms with E-state index in [9.17, 15) is 19.5 Å². The number of carboxylic acid groups (broad SMARTS) is 1. The van der Waals surface area contributed by atoms with E-state index < -0.39 is 5.97 Å². The van der Waals surface area contributed by atoms with Gasteiger partial charge in [-0.25, -0.2) is 0 Å². The fourth-order valence-corrected chi connectivity index (χ4v) is 8.39. The number of carboxylic acids is 1. The van der Waals surface area contributed by atoms with E-state index in [1.807, 2.05) is 68.6 Å². The van der Waals surface area contributed by atoms with Crippen LogP contribution < -0.4 is 10.6 Å². The molecule has 4 aromatic rings. The van der Waals surface area contributed by atoms with Crippen LogP contribution in [0.1, 0.15) is 112 Å². The van der Waals surface area contributed by atoms with E-state index in [1.54, 1.807) is 6.20 Å². The molecule has 4 heterocycles. The Bertz CT molecular complexity index is 2110. The average Bonchev–Trinajstić information content (AvgIpc) is 4.10. The van der Waals surface area contributed by atoms with E-state index in [4.69, 9.17) is 0 Å². The molecule has 10 heteroatoms. The number of likely N-dealkylation sites (tertiary alicyclic amines) is 2. The molecule has 4 aliphatic rings. The molecular formula is C44H50N6O4. The van der Waals surface area contributed by atoms with Gasteiger partial charge in [0.05, 0.1) is 5.92 Å². The standard InChI is InChI=1S/C44H50N6O4/c1-26-14-16-49(22-26)24-32-20-45-40(18-36(32)29-10-11-29)42(51)47-38-8-4-6-34(27(38)2)35-7-5-9-39(28(35)3)48-43(52)41-19-37(30-12-13-30)33(21-46-41)25-50-17-15-31(23-50)44(53)54/h4-9,18-21,26,29-31H,10-17,22-25H2,1-3H3,(H,47,51)(H,48,52)(H,53,54)/t26-,31-/m1/s1. The number of carbonyl (C=O) groups is 3. The zero-order chi connectivity index (χ0) is 37.5. The van der Waals surface area contributed by atoms with Crippen molar-refractivity contribution in [2.75, 3.05) is 36.8 Å². The molecule has 2 atom stereocenters. The van der Waals surface area contributed by atoms with Crippen molar-refractivity contribution in [2.24, 2.45) is 11.8 Å². The van der Waals surface area contributed by atoms with Crippen molar-refractivity contribution in [1.82, 2.24) is 19.8 Å². The van der Waals surface area contributed by atoms with Gasteiger partial charge in [-0.15, -0.1) is 0 Å². The molecule has 2 aromatic carbocycles. The molecule has 0 spiro atoms. The van der Waals surface area contributed by atoms with Crippen LogP contribution in [0.4, 0.5) is 11.4 Å². The SMILES string of the molecule is Cc1c(NC(=O)c2cc(C3CC3)c(CN3CC[C@@H](C)C3)cn2)cccc1-c1cccc(NC(=O)c2cc(C3CC3)c(CN3CC[C@@H](C(=O)O)C3)cn2)c1C. The minimum absolute atomic E-state index is 0.217. The number of hydrogen-bond donors (Lipinski definition) is 3. The minimum Gasteiger partial charge on any atom is -0.481 e. The summed E-state index contributed by atoms with van der Waals surface area (Å²) in [6.45, 7) is 11.4. The van der Waals surface area contributed by atoms with Crippen LogP contribution >= 0.6 is 0 Å². The van der Waals surface area contributed by atoms with Gasteiger partial charge in [-0.3, -0.25) is 34.2 Å². The maximum Gasteiger partial charge on any atom is 0.307 e. The van der Waals surface area contributed by atoms with Gasteiger partial charge in [0, 0.05) is 49.9 Å². The third-order valence-corrected chi connectivity index (χ3v) is 11.9. The summed E-state index contributed by atoms with van der Waals surface area (Å²) in [4.78, 5) is 52.7. The van der Waals surface area contributed by atoms with Gasteiger partial charge >= 0.3 is 5.97 Å². The molecule has 2 saturated heterocycles. The predicted molar refractivity (Wildman–Crippen MR) is 210 cm³/mol. The van der Waals surface area contributed by atoms with Gasteiger partial charge in [0.25, 0.3) is 11.8 Å². The molecule has 280 valence electrons. The van der Waals surface area contributed by atoms with Crippen LogP contribution in [0.2, 0.25) is 0 Å². The van der Waals surface area contributed by atoms with Crippen molar-refractivity contribution in [1.29, 1.82) is 0 Å². The molecule has 3 N–H and O–H groups in total. The maximum absolute atomic E-state index is 13.6. The lowest BCUT2D eigenvalue weighted by molar-refractivity contribution is -0.141. The minimum atomic E-state index is -0.738. The molecule has 54 heavy (non-hydrogen) atoms. The first-order valence-corrected chi connectivity index (χ1v) is 19.6. The van der Waals surface area contributed by atoms with E-state index in [0.29, 0.717) is 48.4 Å². The quantitative estimate of drug-likeness (QED) is 0.135. The van der Waals surface area contributed by atoms with Crippen molar-refractivity contribution in [3.8, 4) is 11.1 Å². The zero-order valence-corrected chi connectivity index (χ0v) is 31.5. The Balaban J connectivity index is 0.970. The lowest BCUT2D eigenvalue weighted by atomic mass is 9.94. The van der Waals surface area contributed by atoms with E-state index in [1.165, 1.54) is 17.5 Å². The van der Waals surface area contributed by atoms with Crippen LogP contribution in [-0.2, 0) is 17.9 Å². The molecule has 2 amide bonds. The number of rotatable bonds is 12. The number of anilines is 2. The van der Waals surface area contributed by atoms with Gasteiger partial charge in [0.15, 0.2) is 0 Å². The Kier molecular flexibility index (Phi) is 10.1. The molecular weight excluding hydrogens is 677 g/mol. The summed E-state index contributed by atoms with van der Waals surface area (Å²) in [5.41, 5.74) is 10.7. The fraction of sp³-hybridized carbons (Fsp3) is 0.432. The first-order chi connectivity index (χ1) is 26.1. The highest BCUT2D eigenvalue weighted by atomic mass is 16.4. The number of amides is 2. The second-order valence-corrected chi connectivity index (χ2v) is 16.1. The van der Waals surface area contributed by atoms with Crippen molar-refractivity contribution < 1.29 is 19.5 Å². The second-order valence-electron chi connectivity index (χ2n) is 16.1. The number of aromatic nitrogens is 2. The normalized spacial score (nSPS) is 20.3. The monoisotopic (exact) mass is 726 g/mol. The molecule has 8 rings (SSSR count). The van der Waals surface area contributed by atoms with Gasteiger partial charge in [-0.1, -0.05) is 31.2 Å².